The maximum atomic E-state index is 12.8. The number of ether oxygens (including phenoxy) is 1. The van der Waals surface area contributed by atoms with Crippen LogP contribution in [-0.4, -0.2) is 43.1 Å². The number of aryl methyl sites for hydroxylation is 1. The molecule has 0 spiro atoms. The number of carbonyl (C=O) groups excluding carboxylic acids is 1. The van der Waals surface area contributed by atoms with Gasteiger partial charge in [0.25, 0.3) is 5.91 Å². The molecule has 1 N–H and O–H groups in total. The average Bonchev–Trinajstić information content (AvgIpc) is 2.45. The van der Waals surface area contributed by atoms with Crippen LogP contribution < -0.4 is 10.1 Å². The number of piperazine rings is 1. The quantitative estimate of drug-likeness (QED) is 0.933. The van der Waals surface area contributed by atoms with Crippen LogP contribution in [0.4, 0.5) is 0 Å². The van der Waals surface area contributed by atoms with E-state index in [1.165, 1.54) is 0 Å². The SMILES string of the molecule is Cc1cc(OC(C)C)c(C(=O)N2CCNCC2)c(C)c1Cl. The lowest BCUT2D eigenvalue weighted by molar-refractivity contribution is 0.0729. The highest BCUT2D eigenvalue weighted by atomic mass is 35.5. The maximum Gasteiger partial charge on any atom is 0.258 e. The van der Waals surface area contributed by atoms with Gasteiger partial charge in [0.15, 0.2) is 0 Å². The van der Waals surface area contributed by atoms with Crippen molar-refractivity contribution in [3.63, 3.8) is 0 Å². The number of hydrogen-bond donors (Lipinski definition) is 1. The van der Waals surface area contributed by atoms with Gasteiger partial charge in [-0.2, -0.15) is 0 Å². The Bertz CT molecular complexity index is 538. The molecule has 1 aliphatic rings. The molecule has 0 aliphatic carbocycles. The molecule has 4 nitrogen and oxygen atoms in total. The highest BCUT2D eigenvalue weighted by molar-refractivity contribution is 6.32. The summed E-state index contributed by atoms with van der Waals surface area (Å²) in [6, 6.07) is 1.87. The highest BCUT2D eigenvalue weighted by Gasteiger charge is 2.25. The highest BCUT2D eigenvalue weighted by Crippen LogP contribution is 2.33. The van der Waals surface area contributed by atoms with Crippen LogP contribution in [0.15, 0.2) is 6.07 Å². The molecule has 0 saturated carbocycles. The molecule has 1 amide bonds. The van der Waals surface area contributed by atoms with Crippen molar-refractivity contribution in [2.45, 2.75) is 33.8 Å². The van der Waals surface area contributed by atoms with Gasteiger partial charge in [-0.25, -0.2) is 0 Å². The number of nitrogens with zero attached hydrogens (tertiary/aromatic N) is 1. The predicted molar refractivity (Wildman–Crippen MR) is 85.5 cm³/mol. The van der Waals surface area contributed by atoms with Crippen molar-refractivity contribution in [1.82, 2.24) is 10.2 Å². The van der Waals surface area contributed by atoms with Crippen LogP contribution in [-0.2, 0) is 0 Å². The lowest BCUT2D eigenvalue weighted by Crippen LogP contribution is -2.46. The third-order valence-electron chi connectivity index (χ3n) is 3.63. The Morgan fingerprint density at radius 3 is 2.52 bits per heavy atom. The lowest BCUT2D eigenvalue weighted by atomic mass is 10.0. The summed E-state index contributed by atoms with van der Waals surface area (Å²) in [6.07, 6.45) is 0.0135. The lowest BCUT2D eigenvalue weighted by Gasteiger charge is -2.29. The molecule has 0 unspecified atom stereocenters. The minimum absolute atomic E-state index is 0.00606. The van der Waals surface area contributed by atoms with Gasteiger partial charge in [-0.3, -0.25) is 4.79 Å². The summed E-state index contributed by atoms with van der Waals surface area (Å²) in [4.78, 5) is 14.7. The van der Waals surface area contributed by atoms with Crippen LogP contribution >= 0.6 is 11.6 Å². The van der Waals surface area contributed by atoms with Crippen molar-refractivity contribution in [1.29, 1.82) is 0 Å². The van der Waals surface area contributed by atoms with E-state index < -0.39 is 0 Å². The predicted octanol–water partition coefficient (Wildman–Crippen LogP) is 2.79. The molecule has 1 heterocycles. The Balaban J connectivity index is 2.43. The second-order valence-corrected chi connectivity index (χ2v) is 6.09. The normalized spacial score (nSPS) is 15.4. The topological polar surface area (TPSA) is 41.6 Å². The van der Waals surface area contributed by atoms with Crippen molar-refractivity contribution < 1.29 is 9.53 Å². The fraction of sp³-hybridized carbons (Fsp3) is 0.562. The summed E-state index contributed by atoms with van der Waals surface area (Å²) in [7, 11) is 0. The fourth-order valence-corrected chi connectivity index (χ4v) is 2.71. The summed E-state index contributed by atoms with van der Waals surface area (Å²) >= 11 is 6.34. The van der Waals surface area contributed by atoms with E-state index in [4.69, 9.17) is 16.3 Å². The van der Waals surface area contributed by atoms with E-state index in [0.717, 1.165) is 24.2 Å². The van der Waals surface area contributed by atoms with Gasteiger partial charge in [-0.05, 0) is 44.9 Å². The maximum absolute atomic E-state index is 12.8. The molecule has 1 aromatic rings. The first kappa shape index (κ1) is 16.1. The zero-order valence-corrected chi connectivity index (χ0v) is 13.9. The van der Waals surface area contributed by atoms with E-state index in [9.17, 15) is 4.79 Å². The minimum Gasteiger partial charge on any atom is -0.490 e. The molecule has 21 heavy (non-hydrogen) atoms. The number of rotatable bonds is 3. The fourth-order valence-electron chi connectivity index (χ4n) is 2.56. The molecule has 1 saturated heterocycles. The first-order valence-corrected chi connectivity index (χ1v) is 7.76. The van der Waals surface area contributed by atoms with Gasteiger partial charge in [0.2, 0.25) is 0 Å². The number of halogens is 1. The van der Waals surface area contributed by atoms with E-state index in [-0.39, 0.29) is 12.0 Å². The molecule has 5 heteroatoms. The van der Waals surface area contributed by atoms with E-state index >= 15 is 0 Å². The largest absolute Gasteiger partial charge is 0.490 e. The van der Waals surface area contributed by atoms with Crippen molar-refractivity contribution in [2.24, 2.45) is 0 Å². The molecule has 2 rings (SSSR count). The standard InChI is InChI=1S/C16H23ClN2O2/c1-10(2)21-13-9-11(3)15(17)12(4)14(13)16(20)19-7-5-18-6-8-19/h9-10,18H,5-8H2,1-4H3. The Morgan fingerprint density at radius 2 is 1.95 bits per heavy atom. The summed E-state index contributed by atoms with van der Waals surface area (Å²) in [6.45, 7) is 10.8. The van der Waals surface area contributed by atoms with Gasteiger partial charge < -0.3 is 15.0 Å². The number of carbonyl (C=O) groups is 1. The molecule has 116 valence electrons. The molecule has 0 aromatic heterocycles. The van der Waals surface area contributed by atoms with Crippen molar-refractivity contribution >= 4 is 17.5 Å². The summed E-state index contributed by atoms with van der Waals surface area (Å²) < 4.78 is 5.85. The van der Waals surface area contributed by atoms with Gasteiger partial charge >= 0.3 is 0 Å². The van der Waals surface area contributed by atoms with Gasteiger partial charge in [-0.1, -0.05) is 11.6 Å². The monoisotopic (exact) mass is 310 g/mol. The van der Waals surface area contributed by atoms with Crippen LogP contribution in [0, 0.1) is 13.8 Å². The smallest absolute Gasteiger partial charge is 0.258 e. The molecule has 1 aliphatic heterocycles. The molecule has 0 bridgehead atoms. The molecule has 0 atom stereocenters. The summed E-state index contributed by atoms with van der Waals surface area (Å²) in [5, 5.41) is 3.89. The van der Waals surface area contributed by atoms with Gasteiger partial charge in [0.1, 0.15) is 5.75 Å². The third-order valence-corrected chi connectivity index (χ3v) is 4.21. The summed E-state index contributed by atoms with van der Waals surface area (Å²) in [5.41, 5.74) is 2.33. The Labute approximate surface area is 131 Å². The van der Waals surface area contributed by atoms with Crippen molar-refractivity contribution in [2.75, 3.05) is 26.2 Å². The zero-order valence-electron chi connectivity index (χ0n) is 13.1. The molecular formula is C16H23ClN2O2. The van der Waals surface area contributed by atoms with Gasteiger partial charge in [-0.15, -0.1) is 0 Å². The number of benzene rings is 1. The molecule has 1 aromatic carbocycles. The van der Waals surface area contributed by atoms with E-state index in [2.05, 4.69) is 5.32 Å². The van der Waals surface area contributed by atoms with Crippen LogP contribution in [0.1, 0.15) is 35.3 Å². The van der Waals surface area contributed by atoms with E-state index in [1.54, 1.807) is 0 Å². The third kappa shape index (κ3) is 3.50. The summed E-state index contributed by atoms with van der Waals surface area (Å²) in [5.74, 6) is 0.638. The Morgan fingerprint density at radius 1 is 1.33 bits per heavy atom. The van der Waals surface area contributed by atoms with Gasteiger partial charge in [0, 0.05) is 31.2 Å². The van der Waals surface area contributed by atoms with Crippen LogP contribution in [0.2, 0.25) is 5.02 Å². The van der Waals surface area contributed by atoms with Crippen molar-refractivity contribution in [3.05, 3.63) is 27.8 Å². The number of hydrogen-bond acceptors (Lipinski definition) is 3. The Kier molecular flexibility index (Phi) is 5.12. The molecule has 1 fully saturated rings. The average molecular weight is 311 g/mol. The minimum atomic E-state index is 0.00606. The first-order chi connectivity index (χ1) is 9.91. The second kappa shape index (κ2) is 6.67. The number of amides is 1. The molecular weight excluding hydrogens is 288 g/mol. The zero-order chi connectivity index (χ0) is 15.6. The van der Waals surface area contributed by atoms with E-state index in [1.807, 2.05) is 38.7 Å². The molecule has 0 radical (unpaired) electrons. The van der Waals surface area contributed by atoms with Crippen molar-refractivity contribution in [3.8, 4) is 5.75 Å². The first-order valence-electron chi connectivity index (χ1n) is 7.38. The second-order valence-electron chi connectivity index (χ2n) is 5.71. The van der Waals surface area contributed by atoms with E-state index in [0.29, 0.717) is 29.4 Å². The van der Waals surface area contributed by atoms with Crippen LogP contribution in [0.5, 0.6) is 5.75 Å². The number of nitrogens with one attached hydrogen (secondary N) is 1. The van der Waals surface area contributed by atoms with Crippen LogP contribution in [0.25, 0.3) is 0 Å². The Hall–Kier alpha value is -1.26. The van der Waals surface area contributed by atoms with Crippen LogP contribution in [0.3, 0.4) is 0 Å². The van der Waals surface area contributed by atoms with Gasteiger partial charge in [0.05, 0.1) is 11.7 Å².